The monoisotopic (exact) mass is 500 g/mol. The van der Waals surface area contributed by atoms with Gasteiger partial charge in [-0.1, -0.05) is 19.1 Å². The predicted octanol–water partition coefficient (Wildman–Crippen LogP) is 3.81. The minimum atomic E-state index is -4.39. The van der Waals surface area contributed by atoms with E-state index in [1.807, 2.05) is 13.8 Å². The van der Waals surface area contributed by atoms with Crippen LogP contribution in [0.1, 0.15) is 44.4 Å². The zero-order valence-electron chi connectivity index (χ0n) is 16.2. The maximum absolute atomic E-state index is 12.9. The van der Waals surface area contributed by atoms with Gasteiger partial charge in [0.1, 0.15) is 6.54 Å². The van der Waals surface area contributed by atoms with Crippen LogP contribution in [-0.4, -0.2) is 43.4 Å². The second-order valence-electron chi connectivity index (χ2n) is 6.40. The Kier molecular flexibility index (Phi) is 10.7. The fourth-order valence-corrected chi connectivity index (χ4v) is 2.03. The molecule has 154 valence electrons. The molecule has 0 aliphatic rings. The van der Waals surface area contributed by atoms with E-state index in [-0.39, 0.29) is 42.5 Å². The fraction of sp³-hybridized carbons (Fsp3) is 0.556. The van der Waals surface area contributed by atoms with Crippen molar-refractivity contribution in [1.82, 2.24) is 15.5 Å². The largest absolute Gasteiger partial charge is 0.416 e. The third kappa shape index (κ3) is 8.81. The number of hydrogen-bond donors (Lipinski definition) is 2. The Hall–Kier alpha value is -1.52. The molecule has 0 saturated heterocycles. The molecule has 0 saturated carbocycles. The predicted molar refractivity (Wildman–Crippen MR) is 112 cm³/mol. The van der Waals surface area contributed by atoms with Gasteiger partial charge in [-0.2, -0.15) is 13.2 Å². The highest BCUT2D eigenvalue weighted by Crippen LogP contribution is 2.30. The number of likely N-dealkylation sites (N-methyl/N-ethyl adjacent to an activating group) is 1. The Morgan fingerprint density at radius 2 is 1.85 bits per heavy atom. The van der Waals surface area contributed by atoms with Crippen LogP contribution in [0.25, 0.3) is 0 Å². The normalized spacial score (nSPS) is 14.0. The van der Waals surface area contributed by atoms with Gasteiger partial charge in [0.25, 0.3) is 0 Å². The highest BCUT2D eigenvalue weighted by Gasteiger charge is 2.30. The molecule has 2 atom stereocenters. The molecule has 0 bridgehead atoms. The summed E-state index contributed by atoms with van der Waals surface area (Å²) in [6.07, 6.45) is -3.56. The number of nitrogens with one attached hydrogen (secondary N) is 2. The van der Waals surface area contributed by atoms with Crippen LogP contribution in [0, 0.1) is 0 Å². The first-order valence-electron chi connectivity index (χ1n) is 8.49. The van der Waals surface area contributed by atoms with Gasteiger partial charge in [-0.05, 0) is 38.0 Å². The molecule has 5 nitrogen and oxygen atoms in total. The number of benzene rings is 1. The van der Waals surface area contributed by atoms with Crippen molar-refractivity contribution in [3.05, 3.63) is 35.4 Å². The van der Waals surface area contributed by atoms with E-state index in [0.29, 0.717) is 11.5 Å². The lowest BCUT2D eigenvalue weighted by Crippen LogP contribution is -2.43. The van der Waals surface area contributed by atoms with Gasteiger partial charge in [0.2, 0.25) is 5.91 Å². The zero-order valence-corrected chi connectivity index (χ0v) is 18.6. The Balaban J connectivity index is 0.00000676. The van der Waals surface area contributed by atoms with Gasteiger partial charge in [0, 0.05) is 20.1 Å². The summed E-state index contributed by atoms with van der Waals surface area (Å²) < 4.78 is 38.7. The summed E-state index contributed by atoms with van der Waals surface area (Å²) >= 11 is 0. The Morgan fingerprint density at radius 1 is 1.22 bits per heavy atom. The molecule has 0 fully saturated rings. The number of halogens is 4. The molecule has 0 aliphatic heterocycles. The molecule has 9 heteroatoms. The number of alkyl halides is 3. The van der Waals surface area contributed by atoms with E-state index in [1.54, 1.807) is 27.1 Å². The molecule has 0 aliphatic carbocycles. The highest BCUT2D eigenvalue weighted by molar-refractivity contribution is 14.0. The molecule has 1 amide bonds. The highest BCUT2D eigenvalue weighted by atomic mass is 127. The van der Waals surface area contributed by atoms with Crippen molar-refractivity contribution in [3.8, 4) is 0 Å². The third-order valence-corrected chi connectivity index (χ3v) is 3.93. The molecule has 2 unspecified atom stereocenters. The lowest BCUT2D eigenvalue weighted by Gasteiger charge is -2.22. The van der Waals surface area contributed by atoms with E-state index in [4.69, 9.17) is 0 Å². The fourth-order valence-electron chi connectivity index (χ4n) is 2.03. The maximum atomic E-state index is 12.9. The first-order chi connectivity index (χ1) is 12.0. The Labute approximate surface area is 175 Å². The van der Waals surface area contributed by atoms with Crippen LogP contribution in [-0.2, 0) is 11.0 Å². The number of carbonyl (C=O) groups excluding carboxylic acids is 1. The molecule has 2 N–H and O–H groups in total. The molecule has 0 spiro atoms. The third-order valence-electron chi connectivity index (χ3n) is 3.93. The molecule has 1 aromatic rings. The molecule has 0 radical (unpaired) electrons. The molecule has 0 heterocycles. The first kappa shape index (κ1) is 25.5. The van der Waals surface area contributed by atoms with Crippen molar-refractivity contribution in [1.29, 1.82) is 0 Å². The quantitative estimate of drug-likeness (QED) is 0.355. The molecule has 0 aromatic heterocycles. The van der Waals surface area contributed by atoms with Gasteiger partial charge in [0.05, 0.1) is 11.6 Å². The van der Waals surface area contributed by atoms with Crippen LogP contribution in [0.5, 0.6) is 0 Å². The number of hydrogen-bond acceptors (Lipinski definition) is 2. The van der Waals surface area contributed by atoms with Crippen molar-refractivity contribution in [3.63, 3.8) is 0 Å². The summed E-state index contributed by atoms with van der Waals surface area (Å²) in [6, 6.07) is 4.84. The Morgan fingerprint density at radius 3 is 2.37 bits per heavy atom. The van der Waals surface area contributed by atoms with E-state index >= 15 is 0 Å². The molecule has 1 aromatic carbocycles. The summed E-state index contributed by atoms with van der Waals surface area (Å²) in [5.74, 6) is 0.224. The number of rotatable bonds is 6. The molecule has 1 rings (SSSR count). The number of aliphatic imine (C=N–C) groups is 1. The van der Waals surface area contributed by atoms with E-state index in [0.717, 1.165) is 18.6 Å². The van der Waals surface area contributed by atoms with Gasteiger partial charge in [0.15, 0.2) is 5.96 Å². The minimum absolute atomic E-state index is 0. The van der Waals surface area contributed by atoms with Crippen molar-refractivity contribution < 1.29 is 18.0 Å². The Bertz CT molecular complexity index is 635. The van der Waals surface area contributed by atoms with Gasteiger partial charge >= 0.3 is 6.18 Å². The summed E-state index contributed by atoms with van der Waals surface area (Å²) in [6.45, 7) is 5.65. The van der Waals surface area contributed by atoms with Crippen LogP contribution in [0.3, 0.4) is 0 Å². The average molecular weight is 500 g/mol. The van der Waals surface area contributed by atoms with E-state index in [2.05, 4.69) is 15.6 Å². The van der Waals surface area contributed by atoms with Crippen molar-refractivity contribution >= 4 is 35.8 Å². The molecular formula is C18H28F3IN4O. The smallest absolute Gasteiger partial charge is 0.354 e. The van der Waals surface area contributed by atoms with Crippen LogP contribution in [0.15, 0.2) is 29.3 Å². The van der Waals surface area contributed by atoms with Crippen LogP contribution >= 0.6 is 24.0 Å². The van der Waals surface area contributed by atoms with Crippen molar-refractivity contribution in [2.75, 3.05) is 20.6 Å². The summed E-state index contributed by atoms with van der Waals surface area (Å²) in [5, 5.41) is 6.22. The summed E-state index contributed by atoms with van der Waals surface area (Å²) in [7, 11) is 3.27. The standard InChI is InChI=1S/C18H27F3N4O.HI/c1-6-12(2)23-17(22-11-16(26)25(4)5)24-13(3)14-8-7-9-15(10-14)18(19,20)21;/h7-10,12-13H,6,11H2,1-5H3,(H2,22,23,24);1H. The lowest BCUT2D eigenvalue weighted by atomic mass is 10.1. The van der Waals surface area contributed by atoms with Gasteiger partial charge < -0.3 is 15.5 Å². The van der Waals surface area contributed by atoms with Gasteiger partial charge in [-0.25, -0.2) is 4.99 Å². The van der Waals surface area contributed by atoms with Crippen molar-refractivity contribution in [2.45, 2.75) is 45.5 Å². The summed E-state index contributed by atoms with van der Waals surface area (Å²) in [5.41, 5.74) is -0.211. The van der Waals surface area contributed by atoms with E-state index in [9.17, 15) is 18.0 Å². The first-order valence-corrected chi connectivity index (χ1v) is 8.49. The van der Waals surface area contributed by atoms with E-state index in [1.165, 1.54) is 11.0 Å². The SMILES string of the molecule is CCC(C)NC(=NCC(=O)N(C)C)NC(C)c1cccc(C(F)(F)F)c1.I. The average Bonchev–Trinajstić information content (AvgIpc) is 2.58. The summed E-state index contributed by atoms with van der Waals surface area (Å²) in [4.78, 5) is 17.4. The number of guanidine groups is 1. The second kappa shape index (κ2) is 11.4. The maximum Gasteiger partial charge on any atom is 0.416 e. The molecular weight excluding hydrogens is 472 g/mol. The number of carbonyl (C=O) groups is 1. The lowest BCUT2D eigenvalue weighted by molar-refractivity contribution is -0.137. The van der Waals surface area contributed by atoms with Crippen LogP contribution in [0.4, 0.5) is 13.2 Å². The zero-order chi connectivity index (χ0) is 19.9. The van der Waals surface area contributed by atoms with Crippen molar-refractivity contribution in [2.24, 2.45) is 4.99 Å². The van der Waals surface area contributed by atoms with Gasteiger partial charge in [-0.3, -0.25) is 4.79 Å². The topological polar surface area (TPSA) is 56.7 Å². The molecule has 27 heavy (non-hydrogen) atoms. The van der Waals surface area contributed by atoms with Gasteiger partial charge in [-0.15, -0.1) is 24.0 Å². The number of nitrogens with zero attached hydrogens (tertiary/aromatic N) is 2. The van der Waals surface area contributed by atoms with E-state index < -0.39 is 17.8 Å². The second-order valence-corrected chi connectivity index (χ2v) is 6.40. The van der Waals surface area contributed by atoms with Crippen LogP contribution < -0.4 is 10.6 Å². The minimum Gasteiger partial charge on any atom is -0.354 e. The number of amides is 1. The van der Waals surface area contributed by atoms with Crippen LogP contribution in [0.2, 0.25) is 0 Å².